The third-order valence-electron chi connectivity index (χ3n) is 4.80. The molecule has 142 valence electrons. The number of carbonyl (C=O) groups is 1. The minimum atomic E-state index is -3.34. The van der Waals surface area contributed by atoms with Gasteiger partial charge in [-0.3, -0.25) is 4.79 Å². The first-order valence-electron chi connectivity index (χ1n) is 8.93. The van der Waals surface area contributed by atoms with Crippen molar-refractivity contribution in [1.82, 2.24) is 0 Å². The fourth-order valence-electron chi connectivity index (χ4n) is 3.06. The molecular formula is C21H23NO4S. The maximum Gasteiger partial charge on any atom is 0.291 e. The van der Waals surface area contributed by atoms with Crippen molar-refractivity contribution in [1.29, 1.82) is 0 Å². The quantitative estimate of drug-likeness (QED) is 0.693. The lowest BCUT2D eigenvalue weighted by Gasteiger charge is -2.07. The number of hydrogen-bond acceptors (Lipinski definition) is 4. The molecule has 0 saturated carbocycles. The van der Waals surface area contributed by atoms with Crippen molar-refractivity contribution in [2.75, 3.05) is 11.1 Å². The smallest absolute Gasteiger partial charge is 0.291 e. The summed E-state index contributed by atoms with van der Waals surface area (Å²) in [5.74, 6) is -0.113. The van der Waals surface area contributed by atoms with E-state index in [-0.39, 0.29) is 22.3 Å². The number of hydrogen-bond donors (Lipinski definition) is 1. The summed E-state index contributed by atoms with van der Waals surface area (Å²) in [6.45, 7) is 7.60. The number of furan rings is 1. The van der Waals surface area contributed by atoms with Crippen molar-refractivity contribution in [3.05, 3.63) is 58.8 Å². The van der Waals surface area contributed by atoms with Gasteiger partial charge in [0.15, 0.2) is 15.6 Å². The Morgan fingerprint density at radius 3 is 2.44 bits per heavy atom. The summed E-state index contributed by atoms with van der Waals surface area (Å²) < 4.78 is 30.0. The Morgan fingerprint density at radius 1 is 1.07 bits per heavy atom. The van der Waals surface area contributed by atoms with Gasteiger partial charge in [-0.15, -0.1) is 0 Å². The van der Waals surface area contributed by atoms with E-state index in [0.29, 0.717) is 17.7 Å². The van der Waals surface area contributed by atoms with E-state index >= 15 is 0 Å². The molecule has 1 N–H and O–H groups in total. The molecule has 0 fully saturated rings. The van der Waals surface area contributed by atoms with Crippen LogP contribution in [0.2, 0.25) is 0 Å². The molecule has 5 nitrogen and oxygen atoms in total. The SMILES string of the molecule is CCc1c(C(=O)Nc2cccc(S(=O)(=O)CC)c2)oc2cc(C)c(C)cc12. The third kappa shape index (κ3) is 3.62. The van der Waals surface area contributed by atoms with E-state index in [1.165, 1.54) is 12.1 Å². The zero-order chi connectivity index (χ0) is 19.8. The topological polar surface area (TPSA) is 76.4 Å². The highest BCUT2D eigenvalue weighted by molar-refractivity contribution is 7.91. The van der Waals surface area contributed by atoms with E-state index in [4.69, 9.17) is 4.42 Å². The van der Waals surface area contributed by atoms with Gasteiger partial charge in [-0.05, 0) is 61.7 Å². The van der Waals surface area contributed by atoms with Crippen LogP contribution >= 0.6 is 0 Å². The summed E-state index contributed by atoms with van der Waals surface area (Å²) in [6.07, 6.45) is 0.655. The standard InChI is InChI=1S/C21H23NO4S/c1-5-17-18-10-13(3)14(4)11-19(18)26-20(17)21(23)22-15-8-7-9-16(12-15)27(24,25)6-2/h7-12H,5-6H2,1-4H3,(H,22,23). The Bertz CT molecular complexity index is 1130. The lowest BCUT2D eigenvalue weighted by molar-refractivity contribution is 0.0997. The Hall–Kier alpha value is -2.60. The molecule has 27 heavy (non-hydrogen) atoms. The average Bonchev–Trinajstić information content (AvgIpc) is 2.99. The van der Waals surface area contributed by atoms with Gasteiger partial charge in [0, 0.05) is 16.6 Å². The molecular weight excluding hydrogens is 362 g/mol. The number of anilines is 1. The number of aryl methyl sites for hydroxylation is 3. The number of carbonyl (C=O) groups excluding carboxylic acids is 1. The van der Waals surface area contributed by atoms with Crippen LogP contribution in [-0.2, 0) is 16.3 Å². The Morgan fingerprint density at radius 2 is 1.78 bits per heavy atom. The number of rotatable bonds is 5. The van der Waals surface area contributed by atoms with Gasteiger partial charge in [0.2, 0.25) is 0 Å². The molecule has 0 unspecified atom stereocenters. The van der Waals surface area contributed by atoms with Crippen molar-refractivity contribution in [3.8, 4) is 0 Å². The fraction of sp³-hybridized carbons (Fsp3) is 0.286. The van der Waals surface area contributed by atoms with Crippen LogP contribution in [0.4, 0.5) is 5.69 Å². The number of fused-ring (bicyclic) bond motifs is 1. The molecule has 3 rings (SSSR count). The third-order valence-corrected chi connectivity index (χ3v) is 6.53. The molecule has 6 heteroatoms. The second-order valence-electron chi connectivity index (χ2n) is 6.58. The van der Waals surface area contributed by atoms with Gasteiger partial charge in [-0.1, -0.05) is 19.9 Å². The van der Waals surface area contributed by atoms with Crippen LogP contribution in [0.3, 0.4) is 0 Å². The van der Waals surface area contributed by atoms with Gasteiger partial charge >= 0.3 is 0 Å². The van der Waals surface area contributed by atoms with E-state index in [9.17, 15) is 13.2 Å². The number of nitrogens with one attached hydrogen (secondary N) is 1. The van der Waals surface area contributed by atoms with Crippen LogP contribution in [0.15, 0.2) is 45.7 Å². The molecule has 1 heterocycles. The molecule has 1 aromatic heterocycles. The van der Waals surface area contributed by atoms with Gasteiger partial charge in [0.05, 0.1) is 10.6 Å². The van der Waals surface area contributed by atoms with Gasteiger partial charge in [0.1, 0.15) is 5.58 Å². The van der Waals surface area contributed by atoms with Crippen LogP contribution in [0.25, 0.3) is 11.0 Å². The number of amides is 1. The van der Waals surface area contributed by atoms with Gasteiger partial charge in [0.25, 0.3) is 5.91 Å². The molecule has 0 aliphatic heterocycles. The molecule has 2 aromatic carbocycles. The predicted molar refractivity (Wildman–Crippen MR) is 107 cm³/mol. The number of benzene rings is 2. The minimum Gasteiger partial charge on any atom is -0.451 e. The fourth-order valence-corrected chi connectivity index (χ4v) is 3.99. The van der Waals surface area contributed by atoms with Crippen molar-refractivity contribution in [2.24, 2.45) is 0 Å². The lowest BCUT2D eigenvalue weighted by atomic mass is 10.0. The zero-order valence-corrected chi connectivity index (χ0v) is 16.7. The maximum absolute atomic E-state index is 12.8. The molecule has 0 atom stereocenters. The maximum atomic E-state index is 12.8. The Labute approximate surface area is 159 Å². The summed E-state index contributed by atoms with van der Waals surface area (Å²) in [5.41, 5.74) is 4.19. The first-order chi connectivity index (χ1) is 12.8. The highest BCUT2D eigenvalue weighted by Gasteiger charge is 2.21. The summed E-state index contributed by atoms with van der Waals surface area (Å²) in [7, 11) is -3.34. The predicted octanol–water partition coefficient (Wildman–Crippen LogP) is 4.66. The average molecular weight is 385 g/mol. The van der Waals surface area contributed by atoms with E-state index in [1.807, 2.05) is 32.9 Å². The van der Waals surface area contributed by atoms with Gasteiger partial charge in [-0.2, -0.15) is 0 Å². The molecule has 0 aliphatic rings. The highest BCUT2D eigenvalue weighted by Crippen LogP contribution is 2.30. The summed E-state index contributed by atoms with van der Waals surface area (Å²) in [4.78, 5) is 13.0. The summed E-state index contributed by atoms with van der Waals surface area (Å²) >= 11 is 0. The van der Waals surface area contributed by atoms with E-state index in [2.05, 4.69) is 5.32 Å². The van der Waals surface area contributed by atoms with Crippen molar-refractivity contribution < 1.29 is 17.6 Å². The Kier molecular flexibility index (Phi) is 5.11. The summed E-state index contributed by atoms with van der Waals surface area (Å²) in [5, 5.41) is 3.70. The van der Waals surface area contributed by atoms with E-state index < -0.39 is 9.84 Å². The largest absolute Gasteiger partial charge is 0.451 e. The molecule has 3 aromatic rings. The molecule has 0 radical (unpaired) electrons. The van der Waals surface area contributed by atoms with Crippen LogP contribution < -0.4 is 5.32 Å². The second-order valence-corrected chi connectivity index (χ2v) is 8.86. The normalized spacial score (nSPS) is 11.7. The molecule has 1 amide bonds. The molecule has 0 spiro atoms. The van der Waals surface area contributed by atoms with E-state index in [1.54, 1.807) is 19.1 Å². The zero-order valence-electron chi connectivity index (χ0n) is 15.9. The van der Waals surface area contributed by atoms with Gasteiger partial charge in [-0.25, -0.2) is 8.42 Å². The second kappa shape index (κ2) is 7.19. The number of sulfone groups is 1. The first kappa shape index (κ1) is 19.2. The molecule has 0 bridgehead atoms. The monoisotopic (exact) mass is 385 g/mol. The lowest BCUT2D eigenvalue weighted by Crippen LogP contribution is -2.13. The first-order valence-corrected chi connectivity index (χ1v) is 10.6. The van der Waals surface area contributed by atoms with Gasteiger partial charge < -0.3 is 9.73 Å². The van der Waals surface area contributed by atoms with Crippen LogP contribution in [-0.4, -0.2) is 20.1 Å². The van der Waals surface area contributed by atoms with Crippen LogP contribution in [0.1, 0.15) is 41.1 Å². The van der Waals surface area contributed by atoms with Crippen LogP contribution in [0, 0.1) is 13.8 Å². The molecule has 0 aliphatic carbocycles. The van der Waals surface area contributed by atoms with Crippen molar-refractivity contribution in [3.63, 3.8) is 0 Å². The van der Waals surface area contributed by atoms with Crippen molar-refractivity contribution in [2.45, 2.75) is 39.0 Å². The van der Waals surface area contributed by atoms with E-state index in [0.717, 1.165) is 22.1 Å². The highest BCUT2D eigenvalue weighted by atomic mass is 32.2. The Balaban J connectivity index is 1.99. The van der Waals surface area contributed by atoms with Crippen molar-refractivity contribution >= 4 is 32.4 Å². The van der Waals surface area contributed by atoms with Crippen LogP contribution in [0.5, 0.6) is 0 Å². The minimum absolute atomic E-state index is 0.00661. The molecule has 0 saturated heterocycles. The summed E-state index contributed by atoms with van der Waals surface area (Å²) in [6, 6.07) is 10.3.